The lowest BCUT2D eigenvalue weighted by Gasteiger charge is -2.20. The van der Waals surface area contributed by atoms with Crippen molar-refractivity contribution in [3.05, 3.63) is 23.2 Å². The number of hydrogen-bond acceptors (Lipinski definition) is 3. The predicted octanol–water partition coefficient (Wildman–Crippen LogP) is 3.71. The minimum absolute atomic E-state index is 0.149. The van der Waals surface area contributed by atoms with Gasteiger partial charge in [-0.3, -0.25) is 4.90 Å². The molecule has 0 aromatic carbocycles. The molecule has 2 atom stereocenters. The monoisotopic (exact) mass is 290 g/mol. The molecular formula is C18H30N2O. The summed E-state index contributed by atoms with van der Waals surface area (Å²) in [5.41, 5.74) is 1.45. The highest BCUT2D eigenvalue weighted by Crippen LogP contribution is 2.38. The zero-order chi connectivity index (χ0) is 15.0. The molecule has 1 saturated heterocycles. The number of rotatable bonds is 4. The minimum Gasteiger partial charge on any atom is -0.465 e. The van der Waals surface area contributed by atoms with E-state index in [2.05, 4.69) is 44.0 Å². The van der Waals surface area contributed by atoms with Crippen molar-refractivity contribution in [3.8, 4) is 0 Å². The summed E-state index contributed by atoms with van der Waals surface area (Å²) in [4.78, 5) is 2.59. The van der Waals surface area contributed by atoms with Crippen molar-refractivity contribution in [2.24, 2.45) is 11.8 Å². The number of nitrogens with one attached hydrogen (secondary N) is 1. The molecule has 1 aliphatic heterocycles. The van der Waals surface area contributed by atoms with Gasteiger partial charge in [-0.1, -0.05) is 6.42 Å². The Hall–Kier alpha value is -0.800. The van der Waals surface area contributed by atoms with Crippen LogP contribution in [0.4, 0.5) is 0 Å². The number of fused-ring (bicyclic) bond motifs is 1. The van der Waals surface area contributed by atoms with Crippen molar-refractivity contribution in [2.45, 2.75) is 65.6 Å². The molecule has 0 radical (unpaired) electrons. The average Bonchev–Trinajstić information content (AvgIpc) is 3.01. The van der Waals surface area contributed by atoms with E-state index in [1.807, 2.05) is 0 Å². The van der Waals surface area contributed by atoms with Crippen LogP contribution >= 0.6 is 0 Å². The SMILES string of the molecule is Cc1oc(CN2CC3CCCC3C2)cc1CNC(C)(C)C. The second kappa shape index (κ2) is 5.77. The van der Waals surface area contributed by atoms with Crippen molar-refractivity contribution in [3.63, 3.8) is 0 Å². The molecule has 1 N–H and O–H groups in total. The molecule has 21 heavy (non-hydrogen) atoms. The van der Waals surface area contributed by atoms with Crippen molar-refractivity contribution in [2.75, 3.05) is 13.1 Å². The number of hydrogen-bond donors (Lipinski definition) is 1. The van der Waals surface area contributed by atoms with Gasteiger partial charge in [0.25, 0.3) is 0 Å². The molecule has 1 aliphatic carbocycles. The zero-order valence-corrected chi connectivity index (χ0v) is 14.0. The Balaban J connectivity index is 1.57. The maximum Gasteiger partial charge on any atom is 0.118 e. The summed E-state index contributed by atoms with van der Waals surface area (Å²) in [6, 6.07) is 2.25. The van der Waals surface area contributed by atoms with Gasteiger partial charge in [0.1, 0.15) is 11.5 Å². The largest absolute Gasteiger partial charge is 0.465 e. The van der Waals surface area contributed by atoms with E-state index in [0.717, 1.165) is 36.4 Å². The van der Waals surface area contributed by atoms with Crippen molar-refractivity contribution >= 4 is 0 Å². The van der Waals surface area contributed by atoms with Crippen LogP contribution in [0.15, 0.2) is 10.5 Å². The van der Waals surface area contributed by atoms with Crippen LogP contribution in [0.25, 0.3) is 0 Å². The Morgan fingerprint density at radius 1 is 1.24 bits per heavy atom. The first-order valence-electron chi connectivity index (χ1n) is 8.46. The Labute approximate surface area is 129 Å². The fourth-order valence-electron chi connectivity index (χ4n) is 3.88. The summed E-state index contributed by atoms with van der Waals surface area (Å²) in [5.74, 6) is 4.13. The molecule has 1 aromatic rings. The predicted molar refractivity (Wildman–Crippen MR) is 86.1 cm³/mol. The molecule has 2 unspecified atom stereocenters. The van der Waals surface area contributed by atoms with Crippen LogP contribution in [0, 0.1) is 18.8 Å². The fourth-order valence-corrected chi connectivity index (χ4v) is 3.88. The van der Waals surface area contributed by atoms with Gasteiger partial charge in [-0.2, -0.15) is 0 Å². The molecule has 0 amide bonds. The fraction of sp³-hybridized carbons (Fsp3) is 0.778. The zero-order valence-electron chi connectivity index (χ0n) is 14.0. The van der Waals surface area contributed by atoms with Gasteiger partial charge in [0.15, 0.2) is 0 Å². The molecule has 1 saturated carbocycles. The summed E-state index contributed by atoms with van der Waals surface area (Å²) in [7, 11) is 0. The molecule has 0 bridgehead atoms. The van der Waals surface area contributed by atoms with Gasteiger partial charge in [-0.05, 0) is 58.4 Å². The number of furan rings is 1. The van der Waals surface area contributed by atoms with Crippen LogP contribution in [0.2, 0.25) is 0 Å². The molecule has 118 valence electrons. The van der Waals surface area contributed by atoms with E-state index in [1.54, 1.807) is 0 Å². The number of likely N-dealkylation sites (tertiary alicyclic amines) is 1. The molecule has 0 spiro atoms. The third-order valence-electron chi connectivity index (χ3n) is 5.06. The lowest BCUT2D eigenvalue weighted by atomic mass is 10.0. The van der Waals surface area contributed by atoms with Crippen LogP contribution in [0.1, 0.15) is 57.1 Å². The van der Waals surface area contributed by atoms with Crippen molar-refractivity contribution in [1.29, 1.82) is 0 Å². The Bertz CT molecular complexity index is 474. The van der Waals surface area contributed by atoms with E-state index < -0.39 is 0 Å². The number of nitrogens with zero attached hydrogens (tertiary/aromatic N) is 1. The normalized spacial score (nSPS) is 26.5. The second-order valence-electron chi connectivity index (χ2n) is 8.04. The first kappa shape index (κ1) is 15.1. The topological polar surface area (TPSA) is 28.4 Å². The summed E-state index contributed by atoms with van der Waals surface area (Å²) in [6.45, 7) is 13.1. The van der Waals surface area contributed by atoms with Crippen molar-refractivity contribution < 1.29 is 4.42 Å². The van der Waals surface area contributed by atoms with Gasteiger partial charge in [0.05, 0.1) is 6.54 Å². The summed E-state index contributed by atoms with van der Waals surface area (Å²) in [6.07, 6.45) is 4.34. The maximum atomic E-state index is 5.98. The quantitative estimate of drug-likeness (QED) is 0.916. The van der Waals surface area contributed by atoms with Gasteiger partial charge in [0.2, 0.25) is 0 Å². The minimum atomic E-state index is 0.149. The van der Waals surface area contributed by atoms with Crippen LogP contribution in [-0.2, 0) is 13.1 Å². The molecule has 3 heteroatoms. The Morgan fingerprint density at radius 2 is 1.90 bits per heavy atom. The smallest absolute Gasteiger partial charge is 0.118 e. The van der Waals surface area contributed by atoms with E-state index in [-0.39, 0.29) is 5.54 Å². The second-order valence-corrected chi connectivity index (χ2v) is 8.04. The van der Waals surface area contributed by atoms with Crippen LogP contribution in [-0.4, -0.2) is 23.5 Å². The van der Waals surface area contributed by atoms with Crippen LogP contribution in [0.3, 0.4) is 0 Å². The highest BCUT2D eigenvalue weighted by molar-refractivity contribution is 5.21. The van der Waals surface area contributed by atoms with Crippen molar-refractivity contribution in [1.82, 2.24) is 10.2 Å². The van der Waals surface area contributed by atoms with Gasteiger partial charge < -0.3 is 9.73 Å². The lowest BCUT2D eigenvalue weighted by molar-refractivity contribution is 0.274. The van der Waals surface area contributed by atoms with Crippen LogP contribution in [0.5, 0.6) is 0 Å². The summed E-state index contributed by atoms with van der Waals surface area (Å²) >= 11 is 0. The third-order valence-corrected chi connectivity index (χ3v) is 5.06. The van der Waals surface area contributed by atoms with Crippen LogP contribution < -0.4 is 5.32 Å². The Morgan fingerprint density at radius 3 is 2.52 bits per heavy atom. The highest BCUT2D eigenvalue weighted by Gasteiger charge is 2.36. The average molecular weight is 290 g/mol. The molecule has 2 fully saturated rings. The molecule has 2 heterocycles. The van der Waals surface area contributed by atoms with E-state index in [9.17, 15) is 0 Å². The van der Waals surface area contributed by atoms with Gasteiger partial charge in [0, 0.05) is 30.7 Å². The molecule has 2 aliphatic rings. The maximum absolute atomic E-state index is 5.98. The summed E-state index contributed by atoms with van der Waals surface area (Å²) < 4.78 is 5.98. The standard InChI is InChI=1S/C18H30N2O/c1-13-16(9-19-18(2,3)4)8-17(21-13)12-20-10-14-6-5-7-15(14)11-20/h8,14-15,19H,5-7,9-12H2,1-4H3. The molecule has 1 aromatic heterocycles. The molecular weight excluding hydrogens is 260 g/mol. The third kappa shape index (κ3) is 3.70. The van der Waals surface area contributed by atoms with E-state index >= 15 is 0 Å². The van der Waals surface area contributed by atoms with Gasteiger partial charge in [-0.25, -0.2) is 0 Å². The summed E-state index contributed by atoms with van der Waals surface area (Å²) in [5, 5.41) is 3.54. The van der Waals surface area contributed by atoms with E-state index in [1.165, 1.54) is 37.9 Å². The van der Waals surface area contributed by atoms with E-state index in [0.29, 0.717) is 0 Å². The first-order chi connectivity index (χ1) is 9.90. The van der Waals surface area contributed by atoms with Gasteiger partial charge >= 0.3 is 0 Å². The molecule has 3 rings (SSSR count). The Kier molecular flexibility index (Phi) is 4.15. The first-order valence-corrected chi connectivity index (χ1v) is 8.46. The van der Waals surface area contributed by atoms with Gasteiger partial charge in [-0.15, -0.1) is 0 Å². The molecule has 3 nitrogen and oxygen atoms in total. The number of aryl methyl sites for hydroxylation is 1. The lowest BCUT2D eigenvalue weighted by Crippen LogP contribution is -2.35. The highest BCUT2D eigenvalue weighted by atomic mass is 16.3. The van der Waals surface area contributed by atoms with E-state index in [4.69, 9.17) is 4.42 Å².